The predicted octanol–water partition coefficient (Wildman–Crippen LogP) is 2.18. The van der Waals surface area contributed by atoms with Crippen LogP contribution in [0.15, 0.2) is 12.5 Å². The van der Waals surface area contributed by atoms with Crippen LogP contribution in [0.3, 0.4) is 0 Å². The summed E-state index contributed by atoms with van der Waals surface area (Å²) in [5.41, 5.74) is 1.83. The fourth-order valence-electron chi connectivity index (χ4n) is 1.39. The van der Waals surface area contributed by atoms with E-state index in [1.807, 2.05) is 6.20 Å². The number of H-pyrrole nitrogens is 1. The van der Waals surface area contributed by atoms with E-state index < -0.39 is 0 Å². The lowest BCUT2D eigenvalue weighted by atomic mass is 10.1. The topological polar surface area (TPSA) is 41.6 Å². The number of nitrogens with zero attached hydrogens (tertiary/aromatic N) is 2. The monoisotopic (exact) mass is 205 g/mol. The molecule has 70 valence electrons. The third-order valence-corrected chi connectivity index (χ3v) is 2.33. The molecule has 2 heterocycles. The summed E-state index contributed by atoms with van der Waals surface area (Å²) in [7, 11) is 0. The van der Waals surface area contributed by atoms with Crippen LogP contribution in [-0.4, -0.2) is 15.0 Å². The first kappa shape index (κ1) is 9.04. The molecule has 0 atom stereocenters. The number of hydrogen-bond donors (Lipinski definition) is 1. The molecule has 14 heavy (non-hydrogen) atoms. The maximum absolute atomic E-state index is 5.96. The predicted molar refractivity (Wildman–Crippen MR) is 56.1 cm³/mol. The van der Waals surface area contributed by atoms with Crippen molar-refractivity contribution in [2.75, 3.05) is 0 Å². The van der Waals surface area contributed by atoms with Crippen LogP contribution in [0.1, 0.15) is 12.0 Å². The van der Waals surface area contributed by atoms with Gasteiger partial charge in [-0.1, -0.05) is 11.6 Å². The number of fused-ring (bicyclic) bond motifs is 1. The SMILES string of the molecule is C#CCCc1c[nH]c2ncnc(Cl)c12. The number of rotatable bonds is 2. The first-order valence-corrected chi connectivity index (χ1v) is 4.60. The second-order valence-corrected chi connectivity index (χ2v) is 3.26. The fourth-order valence-corrected chi connectivity index (χ4v) is 1.64. The van der Waals surface area contributed by atoms with Crippen molar-refractivity contribution < 1.29 is 0 Å². The van der Waals surface area contributed by atoms with Gasteiger partial charge in [-0.05, 0) is 12.0 Å². The molecule has 2 rings (SSSR count). The number of aromatic amines is 1. The van der Waals surface area contributed by atoms with Gasteiger partial charge in [-0.15, -0.1) is 12.3 Å². The van der Waals surface area contributed by atoms with Crippen molar-refractivity contribution in [2.45, 2.75) is 12.8 Å². The Hall–Kier alpha value is -1.53. The molecule has 0 amide bonds. The highest BCUT2D eigenvalue weighted by Gasteiger charge is 2.08. The van der Waals surface area contributed by atoms with Gasteiger partial charge in [0.15, 0.2) is 0 Å². The fraction of sp³-hybridized carbons (Fsp3) is 0.200. The molecule has 0 spiro atoms. The van der Waals surface area contributed by atoms with E-state index in [4.69, 9.17) is 18.0 Å². The van der Waals surface area contributed by atoms with Crippen molar-refractivity contribution in [3.8, 4) is 12.3 Å². The quantitative estimate of drug-likeness (QED) is 0.603. The highest BCUT2D eigenvalue weighted by Crippen LogP contribution is 2.23. The Morgan fingerprint density at radius 1 is 1.50 bits per heavy atom. The standard InChI is InChI=1S/C10H8ClN3/c1-2-3-4-7-5-12-10-8(7)9(11)13-6-14-10/h1,5-6H,3-4H2,(H,12,13,14). The normalized spacial score (nSPS) is 10.3. The zero-order valence-electron chi connectivity index (χ0n) is 7.42. The minimum atomic E-state index is 0.475. The number of halogens is 1. The third-order valence-electron chi connectivity index (χ3n) is 2.04. The summed E-state index contributed by atoms with van der Waals surface area (Å²) in [5, 5.41) is 1.35. The van der Waals surface area contributed by atoms with Crippen molar-refractivity contribution in [1.82, 2.24) is 15.0 Å². The van der Waals surface area contributed by atoms with Gasteiger partial charge < -0.3 is 4.98 Å². The van der Waals surface area contributed by atoms with E-state index in [9.17, 15) is 0 Å². The van der Waals surface area contributed by atoms with Gasteiger partial charge in [-0.3, -0.25) is 0 Å². The number of terminal acetylenes is 1. The lowest BCUT2D eigenvalue weighted by Gasteiger charge is -1.95. The van der Waals surface area contributed by atoms with Crippen LogP contribution in [0, 0.1) is 12.3 Å². The summed E-state index contributed by atoms with van der Waals surface area (Å²) in [6, 6.07) is 0. The molecular weight excluding hydrogens is 198 g/mol. The molecule has 0 fully saturated rings. The smallest absolute Gasteiger partial charge is 0.142 e. The number of aryl methyl sites for hydroxylation is 1. The van der Waals surface area contributed by atoms with Gasteiger partial charge >= 0.3 is 0 Å². The Morgan fingerprint density at radius 2 is 2.36 bits per heavy atom. The summed E-state index contributed by atoms with van der Waals surface area (Å²) >= 11 is 5.96. The molecule has 0 aliphatic rings. The van der Waals surface area contributed by atoms with Gasteiger partial charge in [0.2, 0.25) is 0 Å². The Kier molecular flexibility index (Phi) is 2.38. The molecule has 0 saturated heterocycles. The average Bonchev–Trinajstić information content (AvgIpc) is 2.59. The van der Waals surface area contributed by atoms with Crippen molar-refractivity contribution in [3.05, 3.63) is 23.2 Å². The summed E-state index contributed by atoms with van der Waals surface area (Å²) in [6.07, 6.45) is 10.0. The summed E-state index contributed by atoms with van der Waals surface area (Å²) in [4.78, 5) is 11.0. The van der Waals surface area contributed by atoms with Crippen LogP contribution in [-0.2, 0) is 6.42 Å². The Balaban J connectivity index is 2.51. The first-order valence-electron chi connectivity index (χ1n) is 4.23. The van der Waals surface area contributed by atoms with Crippen molar-refractivity contribution in [3.63, 3.8) is 0 Å². The summed E-state index contributed by atoms with van der Waals surface area (Å²) < 4.78 is 0. The minimum Gasteiger partial charge on any atom is -0.346 e. The molecule has 3 nitrogen and oxygen atoms in total. The van der Waals surface area contributed by atoms with E-state index in [2.05, 4.69) is 20.9 Å². The van der Waals surface area contributed by atoms with Gasteiger partial charge in [0, 0.05) is 12.6 Å². The lowest BCUT2D eigenvalue weighted by molar-refractivity contribution is 1.04. The molecule has 0 aromatic carbocycles. The van der Waals surface area contributed by atoms with E-state index in [1.165, 1.54) is 6.33 Å². The molecule has 1 N–H and O–H groups in total. The zero-order chi connectivity index (χ0) is 9.97. The second kappa shape index (κ2) is 3.69. The Labute approximate surface area is 86.5 Å². The van der Waals surface area contributed by atoms with Crippen molar-refractivity contribution >= 4 is 22.6 Å². The van der Waals surface area contributed by atoms with E-state index in [1.54, 1.807) is 0 Å². The van der Waals surface area contributed by atoms with Crippen LogP contribution in [0.25, 0.3) is 11.0 Å². The van der Waals surface area contributed by atoms with Gasteiger partial charge in [0.25, 0.3) is 0 Å². The molecule has 0 aliphatic carbocycles. The van der Waals surface area contributed by atoms with Gasteiger partial charge in [0.05, 0.1) is 5.39 Å². The highest BCUT2D eigenvalue weighted by molar-refractivity contribution is 6.34. The van der Waals surface area contributed by atoms with Gasteiger partial charge in [-0.2, -0.15) is 0 Å². The second-order valence-electron chi connectivity index (χ2n) is 2.91. The third kappa shape index (κ3) is 1.45. The number of nitrogens with one attached hydrogen (secondary N) is 1. The zero-order valence-corrected chi connectivity index (χ0v) is 8.17. The summed E-state index contributed by atoms with van der Waals surface area (Å²) in [6.45, 7) is 0. The average molecular weight is 206 g/mol. The van der Waals surface area contributed by atoms with Crippen LogP contribution in [0.2, 0.25) is 5.15 Å². The maximum Gasteiger partial charge on any atom is 0.142 e. The summed E-state index contributed by atoms with van der Waals surface area (Å²) in [5.74, 6) is 2.59. The van der Waals surface area contributed by atoms with Gasteiger partial charge in [-0.25, -0.2) is 9.97 Å². The van der Waals surface area contributed by atoms with Crippen LogP contribution in [0.4, 0.5) is 0 Å². The van der Waals surface area contributed by atoms with E-state index in [0.717, 1.165) is 23.0 Å². The molecule has 0 saturated carbocycles. The van der Waals surface area contributed by atoms with E-state index >= 15 is 0 Å². The highest BCUT2D eigenvalue weighted by atomic mass is 35.5. The van der Waals surface area contributed by atoms with Crippen LogP contribution < -0.4 is 0 Å². The lowest BCUT2D eigenvalue weighted by Crippen LogP contribution is -1.85. The molecular formula is C10H8ClN3. The Bertz CT molecular complexity index is 496. The first-order chi connectivity index (χ1) is 6.83. The van der Waals surface area contributed by atoms with E-state index in [-0.39, 0.29) is 0 Å². The van der Waals surface area contributed by atoms with E-state index in [0.29, 0.717) is 11.6 Å². The number of hydrogen-bond acceptors (Lipinski definition) is 2. The molecule has 4 heteroatoms. The molecule has 2 aromatic rings. The van der Waals surface area contributed by atoms with Crippen molar-refractivity contribution in [1.29, 1.82) is 0 Å². The van der Waals surface area contributed by atoms with Crippen LogP contribution in [0.5, 0.6) is 0 Å². The molecule has 0 aliphatic heterocycles. The van der Waals surface area contributed by atoms with Crippen LogP contribution >= 0.6 is 11.6 Å². The molecule has 0 unspecified atom stereocenters. The molecule has 2 aromatic heterocycles. The number of aromatic nitrogens is 3. The maximum atomic E-state index is 5.96. The molecule has 0 radical (unpaired) electrons. The largest absolute Gasteiger partial charge is 0.346 e. The van der Waals surface area contributed by atoms with Gasteiger partial charge in [0.1, 0.15) is 17.1 Å². The Morgan fingerprint density at radius 3 is 3.14 bits per heavy atom. The minimum absolute atomic E-state index is 0.475. The molecule has 0 bridgehead atoms. The van der Waals surface area contributed by atoms with Crippen molar-refractivity contribution in [2.24, 2.45) is 0 Å².